The Hall–Kier alpha value is -2.95. The molecule has 2 heterocycles. The van der Waals surface area contributed by atoms with Crippen molar-refractivity contribution < 1.29 is 0 Å². The summed E-state index contributed by atoms with van der Waals surface area (Å²) in [6.07, 6.45) is 1.15. The monoisotopic (exact) mass is 424 g/mol. The summed E-state index contributed by atoms with van der Waals surface area (Å²) in [6, 6.07) is 30.7. The Kier molecular flexibility index (Phi) is 6.33. The van der Waals surface area contributed by atoms with Crippen molar-refractivity contribution in [3.8, 4) is 0 Å². The second-order valence-electron chi connectivity index (χ2n) is 8.75. The summed E-state index contributed by atoms with van der Waals surface area (Å²) in [5.74, 6) is 1.12. The van der Waals surface area contributed by atoms with Crippen LogP contribution in [0.5, 0.6) is 0 Å². The second kappa shape index (κ2) is 9.68. The van der Waals surface area contributed by atoms with Gasteiger partial charge < -0.3 is 9.47 Å². The van der Waals surface area contributed by atoms with Gasteiger partial charge >= 0.3 is 0 Å². The van der Waals surface area contributed by atoms with Crippen LogP contribution in [0.1, 0.15) is 29.4 Å². The summed E-state index contributed by atoms with van der Waals surface area (Å²) in [4.78, 5) is 9.98. The molecule has 0 aliphatic carbocycles. The minimum Gasteiger partial charge on any atom is -0.328 e. The SMILES string of the molecule is Cc1nc2ccccc2n1CCCN1CCN(C(c2ccccc2)c2ccccc2)CC1. The van der Waals surface area contributed by atoms with Crippen LogP contribution in [-0.4, -0.2) is 52.1 Å². The van der Waals surface area contributed by atoms with Crippen molar-refractivity contribution in [2.75, 3.05) is 32.7 Å². The molecule has 1 saturated heterocycles. The molecule has 0 bridgehead atoms. The lowest BCUT2D eigenvalue weighted by Crippen LogP contribution is -2.48. The number of nitrogens with zero attached hydrogens (tertiary/aromatic N) is 4. The van der Waals surface area contributed by atoms with Gasteiger partial charge in [-0.25, -0.2) is 4.98 Å². The third-order valence-electron chi connectivity index (χ3n) is 6.70. The number of fused-ring (bicyclic) bond motifs is 1. The number of hydrogen-bond acceptors (Lipinski definition) is 3. The average molecular weight is 425 g/mol. The van der Waals surface area contributed by atoms with Crippen LogP contribution in [0.3, 0.4) is 0 Å². The highest BCUT2D eigenvalue weighted by molar-refractivity contribution is 5.75. The molecule has 3 aromatic carbocycles. The number of piperazine rings is 1. The van der Waals surface area contributed by atoms with Gasteiger partial charge in [-0.2, -0.15) is 0 Å². The lowest BCUT2D eigenvalue weighted by Gasteiger charge is -2.40. The highest BCUT2D eigenvalue weighted by Gasteiger charge is 2.26. The van der Waals surface area contributed by atoms with Gasteiger partial charge in [0.2, 0.25) is 0 Å². The summed E-state index contributed by atoms with van der Waals surface area (Å²) >= 11 is 0. The van der Waals surface area contributed by atoms with E-state index < -0.39 is 0 Å². The Bertz CT molecular complexity index is 1090. The normalized spacial score (nSPS) is 15.6. The number of imidazole rings is 1. The molecule has 0 spiro atoms. The maximum absolute atomic E-state index is 4.71. The number of para-hydroxylation sites is 2. The van der Waals surface area contributed by atoms with Crippen molar-refractivity contribution in [1.82, 2.24) is 19.4 Å². The Labute approximate surface area is 191 Å². The third-order valence-corrected chi connectivity index (χ3v) is 6.70. The quantitative estimate of drug-likeness (QED) is 0.410. The summed E-state index contributed by atoms with van der Waals surface area (Å²) in [5.41, 5.74) is 5.12. The van der Waals surface area contributed by atoms with Crippen molar-refractivity contribution in [2.24, 2.45) is 0 Å². The Morgan fingerprint density at radius 1 is 0.719 bits per heavy atom. The largest absolute Gasteiger partial charge is 0.328 e. The Balaban J connectivity index is 1.20. The van der Waals surface area contributed by atoms with E-state index in [0.29, 0.717) is 6.04 Å². The zero-order valence-electron chi connectivity index (χ0n) is 18.9. The molecule has 0 atom stereocenters. The summed E-state index contributed by atoms with van der Waals surface area (Å²) < 4.78 is 2.37. The van der Waals surface area contributed by atoms with Gasteiger partial charge in [-0.3, -0.25) is 4.90 Å². The molecule has 1 aliphatic heterocycles. The Morgan fingerprint density at radius 2 is 1.31 bits per heavy atom. The fourth-order valence-electron chi connectivity index (χ4n) is 5.06. The number of aromatic nitrogens is 2. The molecule has 0 amide bonds. The first kappa shape index (κ1) is 20.9. The zero-order chi connectivity index (χ0) is 21.8. The highest BCUT2D eigenvalue weighted by atomic mass is 15.3. The molecule has 4 nitrogen and oxygen atoms in total. The third kappa shape index (κ3) is 4.47. The predicted molar refractivity (Wildman–Crippen MR) is 132 cm³/mol. The van der Waals surface area contributed by atoms with Crippen molar-refractivity contribution >= 4 is 11.0 Å². The van der Waals surface area contributed by atoms with Gasteiger partial charge in [0, 0.05) is 32.7 Å². The molecule has 0 saturated carbocycles. The molecular weight excluding hydrogens is 392 g/mol. The number of rotatable bonds is 7. The number of aryl methyl sites for hydroxylation is 2. The molecule has 0 N–H and O–H groups in total. The first-order valence-electron chi connectivity index (χ1n) is 11.8. The van der Waals surface area contributed by atoms with E-state index in [1.54, 1.807) is 0 Å². The smallest absolute Gasteiger partial charge is 0.106 e. The van der Waals surface area contributed by atoms with E-state index in [4.69, 9.17) is 4.98 Å². The van der Waals surface area contributed by atoms with Gasteiger partial charge in [-0.1, -0.05) is 72.8 Å². The van der Waals surface area contributed by atoms with Crippen molar-refractivity contribution in [1.29, 1.82) is 0 Å². The molecule has 164 valence electrons. The van der Waals surface area contributed by atoms with E-state index in [0.717, 1.165) is 57.0 Å². The minimum atomic E-state index is 0.333. The highest BCUT2D eigenvalue weighted by Crippen LogP contribution is 2.29. The van der Waals surface area contributed by atoms with Crippen LogP contribution >= 0.6 is 0 Å². The van der Waals surface area contributed by atoms with Crippen LogP contribution in [0.15, 0.2) is 84.9 Å². The molecule has 0 radical (unpaired) electrons. The minimum absolute atomic E-state index is 0.333. The predicted octanol–water partition coefficient (Wildman–Crippen LogP) is 5.14. The average Bonchev–Trinajstić information content (AvgIpc) is 3.17. The summed E-state index contributed by atoms with van der Waals surface area (Å²) in [6.45, 7) is 8.74. The fourth-order valence-corrected chi connectivity index (χ4v) is 5.06. The van der Waals surface area contributed by atoms with Crippen LogP contribution in [0, 0.1) is 6.92 Å². The van der Waals surface area contributed by atoms with E-state index in [2.05, 4.69) is 106 Å². The number of hydrogen-bond donors (Lipinski definition) is 0. The molecule has 5 rings (SSSR count). The van der Waals surface area contributed by atoms with Crippen LogP contribution < -0.4 is 0 Å². The summed E-state index contributed by atoms with van der Waals surface area (Å²) in [7, 11) is 0. The topological polar surface area (TPSA) is 24.3 Å². The standard InChI is InChI=1S/C28H32N4/c1-23-29-26-15-8-9-16-27(26)32(23)18-10-17-30-19-21-31(22-20-30)28(24-11-4-2-5-12-24)25-13-6-3-7-14-25/h2-9,11-16,28H,10,17-22H2,1H3. The van der Waals surface area contributed by atoms with Crippen molar-refractivity contribution in [3.63, 3.8) is 0 Å². The molecule has 1 aliphatic rings. The molecular formula is C28H32N4. The molecule has 0 unspecified atom stereocenters. The van der Waals surface area contributed by atoms with E-state index in [9.17, 15) is 0 Å². The maximum Gasteiger partial charge on any atom is 0.106 e. The first-order chi connectivity index (χ1) is 15.8. The molecule has 32 heavy (non-hydrogen) atoms. The lowest BCUT2D eigenvalue weighted by molar-refractivity contribution is 0.108. The van der Waals surface area contributed by atoms with Gasteiger partial charge in [0.1, 0.15) is 5.82 Å². The number of benzene rings is 3. The summed E-state index contributed by atoms with van der Waals surface area (Å²) in [5, 5.41) is 0. The molecule has 1 aromatic heterocycles. The molecule has 1 fully saturated rings. The molecule has 4 aromatic rings. The van der Waals surface area contributed by atoms with Crippen molar-refractivity contribution in [2.45, 2.75) is 25.9 Å². The van der Waals surface area contributed by atoms with Crippen LogP contribution in [0.2, 0.25) is 0 Å². The first-order valence-corrected chi connectivity index (χ1v) is 11.8. The molecule has 4 heteroatoms. The van der Waals surface area contributed by atoms with E-state index in [-0.39, 0.29) is 0 Å². The van der Waals surface area contributed by atoms with Gasteiger partial charge in [0.25, 0.3) is 0 Å². The van der Waals surface area contributed by atoms with Gasteiger partial charge in [0.05, 0.1) is 17.1 Å². The van der Waals surface area contributed by atoms with Gasteiger partial charge in [0.15, 0.2) is 0 Å². The van der Waals surface area contributed by atoms with Crippen LogP contribution in [-0.2, 0) is 6.54 Å². The Morgan fingerprint density at radius 3 is 1.97 bits per heavy atom. The van der Waals surface area contributed by atoms with E-state index in [1.807, 2.05) is 0 Å². The van der Waals surface area contributed by atoms with Gasteiger partial charge in [-0.05, 0) is 43.1 Å². The van der Waals surface area contributed by atoms with Gasteiger partial charge in [-0.15, -0.1) is 0 Å². The van der Waals surface area contributed by atoms with E-state index >= 15 is 0 Å². The van der Waals surface area contributed by atoms with Crippen LogP contribution in [0.4, 0.5) is 0 Å². The zero-order valence-corrected chi connectivity index (χ0v) is 18.9. The van der Waals surface area contributed by atoms with Crippen LogP contribution in [0.25, 0.3) is 11.0 Å². The van der Waals surface area contributed by atoms with Crippen molar-refractivity contribution in [3.05, 3.63) is 102 Å². The second-order valence-corrected chi connectivity index (χ2v) is 8.75. The maximum atomic E-state index is 4.71. The lowest BCUT2D eigenvalue weighted by atomic mass is 9.96. The fraction of sp³-hybridized carbons (Fsp3) is 0.321. The van der Waals surface area contributed by atoms with E-state index in [1.165, 1.54) is 16.6 Å².